The van der Waals surface area contributed by atoms with E-state index in [0.29, 0.717) is 39.5 Å². The Morgan fingerprint density at radius 3 is 2.41 bits per heavy atom. The minimum absolute atomic E-state index is 0.0726. The van der Waals surface area contributed by atoms with E-state index >= 15 is 0 Å². The predicted octanol–water partition coefficient (Wildman–Crippen LogP) is 2.93. The fourth-order valence-corrected chi connectivity index (χ4v) is 3.78. The number of para-hydroxylation sites is 1. The van der Waals surface area contributed by atoms with Crippen LogP contribution in [0.3, 0.4) is 0 Å². The van der Waals surface area contributed by atoms with Crippen molar-refractivity contribution in [3.63, 3.8) is 0 Å². The van der Waals surface area contributed by atoms with Gasteiger partial charge in [-0.1, -0.05) is 17.4 Å². The minimum atomic E-state index is 0.0726. The fourth-order valence-electron chi connectivity index (χ4n) is 2.84. The smallest absolute Gasteiger partial charge is 0.241 e. The third-order valence-corrected chi connectivity index (χ3v) is 5.11. The summed E-state index contributed by atoms with van der Waals surface area (Å²) in [6.07, 6.45) is 0. The monoisotopic (exact) mass is 414 g/mol. The lowest BCUT2D eigenvalue weighted by molar-refractivity contribution is 0.324. The molecule has 0 fully saturated rings. The Hall–Kier alpha value is -3.73. The normalized spacial score (nSPS) is 10.9. The lowest BCUT2D eigenvalue weighted by Crippen LogP contribution is -2.04. The van der Waals surface area contributed by atoms with Crippen LogP contribution in [0.25, 0.3) is 15.3 Å². The lowest BCUT2D eigenvalue weighted by Gasteiger charge is -2.14. The molecule has 0 atom stereocenters. The van der Waals surface area contributed by atoms with Gasteiger partial charge in [-0.05, 0) is 12.1 Å². The molecule has 0 unspecified atom stereocenters. The number of fused-ring (bicyclic) bond motifs is 1. The van der Waals surface area contributed by atoms with Crippen LogP contribution in [0.4, 0.5) is 17.6 Å². The zero-order valence-corrected chi connectivity index (χ0v) is 16.6. The SMILES string of the molecule is COc1cc(Nc2nc(N)nn2-c2nc3c(O)cccc3s2)cc(OC)c1OC. The number of methoxy groups -OCH3 is 3. The molecule has 0 amide bonds. The molecule has 2 aromatic heterocycles. The molecule has 4 aromatic rings. The van der Waals surface area contributed by atoms with Gasteiger partial charge in [0.25, 0.3) is 0 Å². The summed E-state index contributed by atoms with van der Waals surface area (Å²) < 4.78 is 18.4. The van der Waals surface area contributed by atoms with Crippen LogP contribution < -0.4 is 25.3 Å². The molecule has 29 heavy (non-hydrogen) atoms. The molecule has 0 aliphatic rings. The third kappa shape index (κ3) is 3.31. The number of thiazole rings is 1. The molecule has 11 heteroatoms. The zero-order chi connectivity index (χ0) is 20.5. The maximum atomic E-state index is 10.0. The van der Waals surface area contributed by atoms with E-state index in [-0.39, 0.29) is 11.7 Å². The first-order valence-electron chi connectivity index (χ1n) is 8.42. The second kappa shape index (κ2) is 7.36. The molecule has 10 nitrogen and oxygen atoms in total. The van der Waals surface area contributed by atoms with Crippen LogP contribution in [0.1, 0.15) is 0 Å². The Kier molecular flexibility index (Phi) is 4.72. The fraction of sp³-hybridized carbons (Fsp3) is 0.167. The summed E-state index contributed by atoms with van der Waals surface area (Å²) in [6, 6.07) is 8.67. The number of aromatic hydroxyl groups is 1. The van der Waals surface area contributed by atoms with E-state index in [1.54, 1.807) is 24.3 Å². The van der Waals surface area contributed by atoms with Gasteiger partial charge >= 0.3 is 0 Å². The van der Waals surface area contributed by atoms with Gasteiger partial charge in [0.1, 0.15) is 11.3 Å². The number of hydrogen-bond acceptors (Lipinski definition) is 10. The average molecular weight is 414 g/mol. The van der Waals surface area contributed by atoms with E-state index in [2.05, 4.69) is 20.4 Å². The summed E-state index contributed by atoms with van der Waals surface area (Å²) in [4.78, 5) is 8.70. The lowest BCUT2D eigenvalue weighted by atomic mass is 10.2. The second-order valence-electron chi connectivity index (χ2n) is 5.86. The Balaban J connectivity index is 1.77. The molecule has 0 spiro atoms. The molecule has 0 saturated heterocycles. The number of anilines is 3. The largest absolute Gasteiger partial charge is 0.506 e. The van der Waals surface area contributed by atoms with Crippen molar-refractivity contribution in [3.05, 3.63) is 30.3 Å². The summed E-state index contributed by atoms with van der Waals surface area (Å²) in [6.45, 7) is 0. The third-order valence-electron chi connectivity index (χ3n) is 4.11. The molecule has 0 aliphatic heterocycles. The minimum Gasteiger partial charge on any atom is -0.506 e. The van der Waals surface area contributed by atoms with Gasteiger partial charge < -0.3 is 30.4 Å². The predicted molar refractivity (Wildman–Crippen MR) is 110 cm³/mol. The van der Waals surface area contributed by atoms with Gasteiger partial charge in [-0.3, -0.25) is 0 Å². The van der Waals surface area contributed by atoms with E-state index in [4.69, 9.17) is 19.9 Å². The number of nitrogens with two attached hydrogens (primary N) is 1. The van der Waals surface area contributed by atoms with Crippen LogP contribution in [0, 0.1) is 0 Å². The second-order valence-corrected chi connectivity index (χ2v) is 6.87. The molecular weight excluding hydrogens is 396 g/mol. The van der Waals surface area contributed by atoms with Crippen LogP contribution in [-0.4, -0.2) is 46.2 Å². The highest BCUT2D eigenvalue weighted by Gasteiger charge is 2.18. The first kappa shape index (κ1) is 18.6. The van der Waals surface area contributed by atoms with E-state index in [1.165, 1.54) is 37.3 Å². The van der Waals surface area contributed by atoms with Crippen molar-refractivity contribution in [2.45, 2.75) is 0 Å². The quantitative estimate of drug-likeness (QED) is 0.436. The first-order valence-corrected chi connectivity index (χ1v) is 9.24. The Morgan fingerprint density at radius 2 is 1.79 bits per heavy atom. The first-order chi connectivity index (χ1) is 14.0. The van der Waals surface area contributed by atoms with Crippen LogP contribution >= 0.6 is 11.3 Å². The highest BCUT2D eigenvalue weighted by Crippen LogP contribution is 2.41. The van der Waals surface area contributed by atoms with Gasteiger partial charge in [-0.25, -0.2) is 4.98 Å². The number of benzene rings is 2. The summed E-state index contributed by atoms with van der Waals surface area (Å²) >= 11 is 1.35. The molecular formula is C18H18N6O4S. The van der Waals surface area contributed by atoms with Crippen molar-refractivity contribution >= 4 is 39.1 Å². The topological polar surface area (TPSA) is 130 Å². The number of rotatable bonds is 6. The van der Waals surface area contributed by atoms with Crippen molar-refractivity contribution in [3.8, 4) is 28.1 Å². The van der Waals surface area contributed by atoms with Crippen molar-refractivity contribution in [1.29, 1.82) is 0 Å². The van der Waals surface area contributed by atoms with Gasteiger partial charge in [0.05, 0.1) is 26.0 Å². The molecule has 150 valence electrons. The number of aromatic nitrogens is 4. The highest BCUT2D eigenvalue weighted by atomic mass is 32.1. The Labute approximate surface area is 169 Å². The number of hydrogen-bond donors (Lipinski definition) is 3. The number of nitrogens with zero attached hydrogens (tertiary/aromatic N) is 4. The van der Waals surface area contributed by atoms with Crippen LogP contribution in [0.5, 0.6) is 23.0 Å². The summed E-state index contributed by atoms with van der Waals surface area (Å²) in [7, 11) is 4.61. The van der Waals surface area contributed by atoms with Crippen LogP contribution in [-0.2, 0) is 0 Å². The van der Waals surface area contributed by atoms with E-state index < -0.39 is 0 Å². The zero-order valence-electron chi connectivity index (χ0n) is 15.8. The van der Waals surface area contributed by atoms with Gasteiger partial charge in [-0.2, -0.15) is 9.67 Å². The van der Waals surface area contributed by atoms with Crippen molar-refractivity contribution < 1.29 is 19.3 Å². The maximum Gasteiger partial charge on any atom is 0.241 e. The summed E-state index contributed by atoms with van der Waals surface area (Å²) in [5.41, 5.74) is 6.94. The Bertz CT molecular complexity index is 1160. The van der Waals surface area contributed by atoms with Crippen molar-refractivity contribution in [2.75, 3.05) is 32.4 Å². The van der Waals surface area contributed by atoms with Gasteiger partial charge in [0.2, 0.25) is 22.8 Å². The van der Waals surface area contributed by atoms with Crippen LogP contribution in [0.2, 0.25) is 0 Å². The van der Waals surface area contributed by atoms with Crippen molar-refractivity contribution in [1.82, 2.24) is 19.7 Å². The molecule has 4 rings (SSSR count). The number of ether oxygens (including phenoxy) is 3. The number of nitrogen functional groups attached to an aromatic ring is 1. The number of phenolic OH excluding ortho intramolecular Hbond substituents is 1. The van der Waals surface area contributed by atoms with E-state index in [1.807, 2.05) is 6.07 Å². The van der Waals surface area contributed by atoms with Gasteiger partial charge in [0, 0.05) is 17.8 Å². The van der Waals surface area contributed by atoms with Crippen molar-refractivity contribution in [2.24, 2.45) is 0 Å². The molecule has 0 bridgehead atoms. The average Bonchev–Trinajstić information content (AvgIpc) is 3.31. The molecule has 2 heterocycles. The van der Waals surface area contributed by atoms with Gasteiger partial charge in [0.15, 0.2) is 11.5 Å². The summed E-state index contributed by atoms with van der Waals surface area (Å²) in [5.74, 6) is 1.95. The number of phenols is 1. The van der Waals surface area contributed by atoms with E-state index in [9.17, 15) is 5.11 Å². The van der Waals surface area contributed by atoms with Crippen LogP contribution in [0.15, 0.2) is 30.3 Å². The molecule has 0 radical (unpaired) electrons. The Morgan fingerprint density at radius 1 is 1.07 bits per heavy atom. The maximum absolute atomic E-state index is 10.0. The molecule has 0 aliphatic carbocycles. The highest BCUT2D eigenvalue weighted by molar-refractivity contribution is 7.20. The summed E-state index contributed by atoms with van der Waals surface area (Å²) in [5, 5.41) is 17.9. The van der Waals surface area contributed by atoms with E-state index in [0.717, 1.165) is 4.70 Å². The molecule has 0 saturated carbocycles. The standard InChI is InChI=1S/C18H18N6O4S/c1-26-11-7-9(8-12(27-2)15(11)28-3)20-17-22-16(19)23-24(17)18-21-14-10(25)5-4-6-13(14)29-18/h4-8,25H,1-3H3,(H3,19,20,22,23). The molecule has 2 aromatic carbocycles. The number of nitrogens with one attached hydrogen (secondary N) is 1. The molecule has 4 N–H and O–H groups in total. The van der Waals surface area contributed by atoms with Gasteiger partial charge in [-0.15, -0.1) is 5.10 Å².